The van der Waals surface area contributed by atoms with Crippen LogP contribution in [0, 0.1) is 0 Å². The first kappa shape index (κ1) is 21.3. The van der Waals surface area contributed by atoms with E-state index in [1.807, 2.05) is 6.07 Å². The van der Waals surface area contributed by atoms with Crippen molar-refractivity contribution in [1.82, 2.24) is 25.5 Å². The van der Waals surface area contributed by atoms with Gasteiger partial charge in [-0.25, -0.2) is 14.8 Å². The molecule has 9 heteroatoms. The molecule has 1 aliphatic rings. The summed E-state index contributed by atoms with van der Waals surface area (Å²) in [5.41, 5.74) is 1.16. The highest BCUT2D eigenvalue weighted by Crippen LogP contribution is 2.10. The second kappa shape index (κ2) is 10.9. The van der Waals surface area contributed by atoms with Crippen molar-refractivity contribution in [2.75, 3.05) is 56.0 Å². The van der Waals surface area contributed by atoms with Crippen molar-refractivity contribution in [1.29, 1.82) is 0 Å². The molecule has 0 spiro atoms. The lowest BCUT2D eigenvalue weighted by Crippen LogP contribution is -2.49. The number of anilines is 2. The summed E-state index contributed by atoms with van der Waals surface area (Å²) in [6.45, 7) is 8.83. The van der Waals surface area contributed by atoms with Crippen LogP contribution in [0.4, 0.5) is 16.4 Å². The number of hydrogen-bond donors (Lipinski definition) is 3. The second-order valence-corrected chi connectivity index (χ2v) is 6.83. The molecule has 0 aliphatic carbocycles. The molecule has 0 atom stereocenters. The maximum Gasteiger partial charge on any atom is 0.319 e. The highest BCUT2D eigenvalue weighted by atomic mass is 16.2. The molecule has 1 aromatic carbocycles. The first-order valence-electron chi connectivity index (χ1n) is 9.94. The third kappa shape index (κ3) is 6.28. The van der Waals surface area contributed by atoms with Crippen LogP contribution >= 0.6 is 0 Å². The quantitative estimate of drug-likeness (QED) is 0.569. The average molecular weight is 409 g/mol. The van der Waals surface area contributed by atoms with Crippen molar-refractivity contribution in [2.24, 2.45) is 0 Å². The Kier molecular flexibility index (Phi) is 7.73. The Bertz CT molecular complexity index is 834. The molecule has 1 aromatic heterocycles. The van der Waals surface area contributed by atoms with Gasteiger partial charge in [0.25, 0.3) is 5.91 Å². The number of carbonyl (C=O) groups is 2. The number of hydrogen-bond acceptors (Lipinski definition) is 6. The number of aromatic nitrogens is 2. The van der Waals surface area contributed by atoms with Gasteiger partial charge in [-0.1, -0.05) is 6.08 Å². The second-order valence-electron chi connectivity index (χ2n) is 6.83. The van der Waals surface area contributed by atoms with Crippen LogP contribution in [-0.2, 0) is 0 Å². The molecule has 1 fully saturated rings. The Morgan fingerprint density at radius 2 is 1.73 bits per heavy atom. The van der Waals surface area contributed by atoms with Gasteiger partial charge < -0.3 is 20.9 Å². The number of nitrogens with one attached hydrogen (secondary N) is 3. The van der Waals surface area contributed by atoms with E-state index in [2.05, 4.69) is 42.3 Å². The van der Waals surface area contributed by atoms with E-state index in [-0.39, 0.29) is 11.9 Å². The fraction of sp³-hybridized carbons (Fsp3) is 0.333. The molecular weight excluding hydrogens is 382 g/mol. The minimum absolute atomic E-state index is 0.176. The summed E-state index contributed by atoms with van der Waals surface area (Å²) in [5.74, 6) is 0.587. The maximum atomic E-state index is 12.1. The summed E-state index contributed by atoms with van der Waals surface area (Å²) in [5, 5.41) is 8.35. The Hall–Kier alpha value is -3.46. The van der Waals surface area contributed by atoms with Gasteiger partial charge in [0.15, 0.2) is 0 Å². The third-order valence-corrected chi connectivity index (χ3v) is 4.73. The third-order valence-electron chi connectivity index (χ3n) is 4.73. The van der Waals surface area contributed by atoms with Gasteiger partial charge in [0.2, 0.25) is 5.95 Å². The highest BCUT2D eigenvalue weighted by molar-refractivity contribution is 5.95. The SMILES string of the molecule is C=CCNC(=O)c1ccc(NC(=O)NCCN2CCN(c3ncccn3)CC2)cc1. The summed E-state index contributed by atoms with van der Waals surface area (Å²) >= 11 is 0. The van der Waals surface area contributed by atoms with Gasteiger partial charge in [0, 0.05) is 69.5 Å². The molecule has 3 amide bonds. The molecule has 0 radical (unpaired) electrons. The van der Waals surface area contributed by atoms with Crippen molar-refractivity contribution in [3.8, 4) is 0 Å². The van der Waals surface area contributed by atoms with E-state index in [0.29, 0.717) is 24.3 Å². The fourth-order valence-electron chi connectivity index (χ4n) is 3.10. The van der Waals surface area contributed by atoms with E-state index in [0.717, 1.165) is 38.7 Å². The normalized spacial score (nSPS) is 14.1. The summed E-state index contributed by atoms with van der Waals surface area (Å²) in [7, 11) is 0. The summed E-state index contributed by atoms with van der Waals surface area (Å²) in [6.07, 6.45) is 5.13. The average Bonchev–Trinajstić information content (AvgIpc) is 2.79. The molecule has 3 N–H and O–H groups in total. The van der Waals surface area contributed by atoms with Crippen LogP contribution < -0.4 is 20.9 Å². The molecule has 0 bridgehead atoms. The molecule has 1 aliphatic heterocycles. The van der Waals surface area contributed by atoms with Gasteiger partial charge >= 0.3 is 6.03 Å². The molecular formula is C21H27N7O2. The van der Waals surface area contributed by atoms with Gasteiger partial charge in [0.05, 0.1) is 0 Å². The first-order valence-corrected chi connectivity index (χ1v) is 9.94. The Morgan fingerprint density at radius 3 is 2.40 bits per heavy atom. The number of benzene rings is 1. The molecule has 0 saturated carbocycles. The topological polar surface area (TPSA) is 102 Å². The van der Waals surface area contributed by atoms with Gasteiger partial charge in [0.1, 0.15) is 0 Å². The van der Waals surface area contributed by atoms with Gasteiger partial charge in [-0.05, 0) is 30.3 Å². The van der Waals surface area contributed by atoms with Crippen LogP contribution in [0.5, 0.6) is 0 Å². The van der Waals surface area contributed by atoms with E-state index in [1.54, 1.807) is 42.7 Å². The Balaban J connectivity index is 1.34. The Morgan fingerprint density at radius 1 is 1.03 bits per heavy atom. The predicted molar refractivity (Wildman–Crippen MR) is 117 cm³/mol. The minimum Gasteiger partial charge on any atom is -0.349 e. The van der Waals surface area contributed by atoms with Crippen molar-refractivity contribution < 1.29 is 9.59 Å². The van der Waals surface area contributed by atoms with Crippen LogP contribution in [0.3, 0.4) is 0 Å². The largest absolute Gasteiger partial charge is 0.349 e. The summed E-state index contributed by atoms with van der Waals surface area (Å²) in [4.78, 5) is 37.0. The van der Waals surface area contributed by atoms with Crippen LogP contribution in [0.25, 0.3) is 0 Å². The molecule has 3 rings (SSSR count). The maximum absolute atomic E-state index is 12.1. The fourth-order valence-corrected chi connectivity index (χ4v) is 3.10. The summed E-state index contributed by atoms with van der Waals surface area (Å²) < 4.78 is 0. The number of rotatable bonds is 8. The molecule has 2 heterocycles. The van der Waals surface area contributed by atoms with Crippen LogP contribution in [0.15, 0.2) is 55.4 Å². The minimum atomic E-state index is -0.268. The van der Waals surface area contributed by atoms with Gasteiger partial charge in [-0.15, -0.1) is 6.58 Å². The van der Waals surface area contributed by atoms with Gasteiger partial charge in [-0.2, -0.15) is 0 Å². The number of urea groups is 1. The first-order chi connectivity index (χ1) is 14.7. The Labute approximate surface area is 176 Å². The number of amides is 3. The van der Waals surface area contributed by atoms with Crippen molar-refractivity contribution >= 4 is 23.6 Å². The molecule has 0 unspecified atom stereocenters. The van der Waals surface area contributed by atoms with E-state index >= 15 is 0 Å². The number of nitrogens with zero attached hydrogens (tertiary/aromatic N) is 4. The van der Waals surface area contributed by atoms with E-state index in [4.69, 9.17) is 0 Å². The zero-order valence-corrected chi connectivity index (χ0v) is 16.9. The molecule has 1 saturated heterocycles. The van der Waals surface area contributed by atoms with Crippen molar-refractivity contribution in [2.45, 2.75) is 0 Å². The summed E-state index contributed by atoms with van der Waals surface area (Å²) in [6, 6.07) is 8.29. The van der Waals surface area contributed by atoms with Crippen LogP contribution in [-0.4, -0.2) is 72.6 Å². The smallest absolute Gasteiger partial charge is 0.319 e. The number of carbonyl (C=O) groups excluding carboxylic acids is 2. The van der Waals surface area contributed by atoms with E-state index < -0.39 is 0 Å². The highest BCUT2D eigenvalue weighted by Gasteiger charge is 2.18. The van der Waals surface area contributed by atoms with Gasteiger partial charge in [-0.3, -0.25) is 9.69 Å². The number of piperazine rings is 1. The molecule has 9 nitrogen and oxygen atoms in total. The monoisotopic (exact) mass is 409 g/mol. The van der Waals surface area contributed by atoms with Crippen LogP contribution in [0.2, 0.25) is 0 Å². The lowest BCUT2D eigenvalue weighted by atomic mass is 10.2. The zero-order valence-electron chi connectivity index (χ0n) is 16.9. The zero-order chi connectivity index (χ0) is 21.2. The lowest BCUT2D eigenvalue weighted by Gasteiger charge is -2.34. The lowest BCUT2D eigenvalue weighted by molar-refractivity contribution is 0.0958. The van der Waals surface area contributed by atoms with Crippen molar-refractivity contribution in [3.05, 3.63) is 60.9 Å². The van der Waals surface area contributed by atoms with Crippen LogP contribution in [0.1, 0.15) is 10.4 Å². The van der Waals surface area contributed by atoms with E-state index in [9.17, 15) is 9.59 Å². The predicted octanol–water partition coefficient (Wildman–Crippen LogP) is 1.34. The standard InChI is InChI=1S/C21H27N7O2/c1-2-8-22-19(29)17-4-6-18(7-5-17)26-21(30)25-11-12-27-13-15-28(16-14-27)20-23-9-3-10-24-20/h2-7,9-10H,1,8,11-16H2,(H,22,29)(H2,25,26,30). The molecule has 30 heavy (non-hydrogen) atoms. The molecule has 158 valence electrons. The molecule has 2 aromatic rings. The van der Waals surface area contributed by atoms with Crippen molar-refractivity contribution in [3.63, 3.8) is 0 Å². The van der Waals surface area contributed by atoms with E-state index in [1.165, 1.54) is 0 Å².